The van der Waals surface area contributed by atoms with Crippen molar-refractivity contribution in [3.8, 4) is 17.2 Å². The summed E-state index contributed by atoms with van der Waals surface area (Å²) in [6.45, 7) is 6.85. The largest absolute Gasteiger partial charge is 0.494 e. The Kier molecular flexibility index (Phi) is 6.88. The zero-order valence-corrected chi connectivity index (χ0v) is 19.1. The predicted molar refractivity (Wildman–Crippen MR) is 129 cm³/mol. The minimum Gasteiger partial charge on any atom is -0.494 e. The molecule has 0 saturated carbocycles. The van der Waals surface area contributed by atoms with Crippen LogP contribution in [0, 0.1) is 0 Å². The predicted octanol–water partition coefficient (Wildman–Crippen LogP) is 5.35. The number of hydrogen-bond donors (Lipinski definition) is 1. The number of anilines is 1. The van der Waals surface area contributed by atoms with Crippen molar-refractivity contribution in [3.05, 3.63) is 72.3 Å². The molecule has 170 valence electrons. The van der Waals surface area contributed by atoms with E-state index in [-0.39, 0.29) is 12.5 Å². The zero-order chi connectivity index (χ0) is 23.2. The summed E-state index contributed by atoms with van der Waals surface area (Å²) in [4.78, 5) is 13.9. The second-order valence-corrected chi connectivity index (χ2v) is 7.84. The van der Waals surface area contributed by atoms with Crippen LogP contribution in [0.25, 0.3) is 16.7 Å². The molecule has 0 fully saturated rings. The minimum atomic E-state index is -0.237. The second-order valence-electron chi connectivity index (χ2n) is 7.84. The lowest BCUT2D eigenvalue weighted by atomic mass is 9.99. The van der Waals surface area contributed by atoms with E-state index in [2.05, 4.69) is 29.4 Å². The van der Waals surface area contributed by atoms with Gasteiger partial charge in [0.15, 0.2) is 6.61 Å². The second kappa shape index (κ2) is 10.2. The number of hydrogen-bond acceptors (Lipinski definition) is 5. The summed E-state index contributed by atoms with van der Waals surface area (Å²) in [6, 6.07) is 20.9. The van der Waals surface area contributed by atoms with Crippen LogP contribution in [-0.4, -0.2) is 34.1 Å². The smallest absolute Gasteiger partial charge is 0.262 e. The normalized spacial score (nSPS) is 11.8. The molecule has 0 unspecified atom stereocenters. The molecule has 4 rings (SSSR count). The molecule has 0 spiro atoms. The van der Waals surface area contributed by atoms with Crippen LogP contribution in [0.3, 0.4) is 0 Å². The van der Waals surface area contributed by atoms with Gasteiger partial charge in [-0.15, -0.1) is 10.2 Å². The van der Waals surface area contributed by atoms with Crippen LogP contribution in [-0.2, 0) is 4.79 Å². The highest BCUT2D eigenvalue weighted by Gasteiger charge is 2.09. The number of fused-ring (bicyclic) bond motifs is 1. The van der Waals surface area contributed by atoms with Crippen LogP contribution in [0.2, 0.25) is 0 Å². The molecule has 1 heterocycles. The van der Waals surface area contributed by atoms with Crippen molar-refractivity contribution in [3.63, 3.8) is 0 Å². The van der Waals surface area contributed by atoms with Gasteiger partial charge in [-0.25, -0.2) is 0 Å². The Bertz CT molecular complexity index is 1220. The Morgan fingerprint density at radius 3 is 2.27 bits per heavy atom. The van der Waals surface area contributed by atoms with Crippen LogP contribution < -0.4 is 14.8 Å². The number of carbonyl (C=O) groups excluding carboxylic acids is 1. The fraction of sp³-hybridized carbons (Fsp3) is 0.269. The topological polar surface area (TPSA) is 78.3 Å². The minimum absolute atomic E-state index is 0.0699. The van der Waals surface area contributed by atoms with Gasteiger partial charge in [0.2, 0.25) is 0 Å². The number of nitrogens with one attached hydrogen (secondary N) is 1. The highest BCUT2D eigenvalue weighted by atomic mass is 16.5. The van der Waals surface area contributed by atoms with Crippen molar-refractivity contribution in [1.29, 1.82) is 0 Å². The number of rotatable bonds is 9. The fourth-order valence-corrected chi connectivity index (χ4v) is 3.42. The standard InChI is InChI=1S/C26H28N4O3/c1-4-18(3)19-6-11-23(12-7-19)33-17-26(31)27-20-8-15-24-25(16-20)29-30(28-24)21-9-13-22(14-10-21)32-5-2/h6-16,18H,4-5,17H2,1-3H3,(H,27,31)/t18-/m0/s1. The van der Waals surface area contributed by atoms with E-state index in [9.17, 15) is 4.79 Å². The van der Waals surface area contributed by atoms with Crippen molar-refractivity contribution >= 4 is 22.6 Å². The third kappa shape index (κ3) is 5.49. The van der Waals surface area contributed by atoms with E-state index in [1.54, 1.807) is 16.9 Å². The number of benzene rings is 3. The van der Waals surface area contributed by atoms with E-state index in [1.807, 2.05) is 61.5 Å². The Balaban J connectivity index is 1.37. The van der Waals surface area contributed by atoms with Crippen LogP contribution >= 0.6 is 0 Å². The molecule has 4 aromatic rings. The first-order valence-corrected chi connectivity index (χ1v) is 11.2. The third-order valence-electron chi connectivity index (χ3n) is 5.47. The highest BCUT2D eigenvalue weighted by molar-refractivity contribution is 5.93. The van der Waals surface area contributed by atoms with E-state index >= 15 is 0 Å². The molecule has 7 nitrogen and oxygen atoms in total. The molecule has 1 N–H and O–H groups in total. The number of ether oxygens (including phenoxy) is 2. The van der Waals surface area contributed by atoms with Crippen molar-refractivity contribution in [2.45, 2.75) is 33.1 Å². The Morgan fingerprint density at radius 2 is 1.58 bits per heavy atom. The molecular formula is C26H28N4O3. The molecule has 33 heavy (non-hydrogen) atoms. The molecular weight excluding hydrogens is 416 g/mol. The molecule has 0 bridgehead atoms. The maximum atomic E-state index is 12.4. The molecule has 1 atom stereocenters. The van der Waals surface area contributed by atoms with E-state index < -0.39 is 0 Å². The fourth-order valence-electron chi connectivity index (χ4n) is 3.42. The molecule has 1 amide bonds. The van der Waals surface area contributed by atoms with Crippen LogP contribution in [0.5, 0.6) is 11.5 Å². The first-order chi connectivity index (χ1) is 16.1. The van der Waals surface area contributed by atoms with Crippen molar-refractivity contribution in [1.82, 2.24) is 15.0 Å². The van der Waals surface area contributed by atoms with Gasteiger partial charge in [0, 0.05) is 5.69 Å². The number of carbonyl (C=O) groups is 1. The highest BCUT2D eigenvalue weighted by Crippen LogP contribution is 2.22. The van der Waals surface area contributed by atoms with E-state index in [0.29, 0.717) is 29.5 Å². The molecule has 0 radical (unpaired) electrons. The summed E-state index contributed by atoms with van der Waals surface area (Å²) in [5.41, 5.74) is 4.15. The molecule has 0 aliphatic carbocycles. The van der Waals surface area contributed by atoms with Crippen molar-refractivity contribution in [2.75, 3.05) is 18.5 Å². The average molecular weight is 445 g/mol. The summed E-state index contributed by atoms with van der Waals surface area (Å²) in [5.74, 6) is 1.74. The Labute approximate surface area is 193 Å². The first kappa shape index (κ1) is 22.3. The molecule has 1 aromatic heterocycles. The average Bonchev–Trinajstić information content (AvgIpc) is 3.27. The van der Waals surface area contributed by atoms with Crippen molar-refractivity contribution < 1.29 is 14.3 Å². The molecule has 0 aliphatic heterocycles. The van der Waals surface area contributed by atoms with E-state index in [1.165, 1.54) is 5.56 Å². The van der Waals surface area contributed by atoms with Gasteiger partial charge in [0.1, 0.15) is 22.5 Å². The number of nitrogens with zero attached hydrogens (tertiary/aromatic N) is 3. The Hall–Kier alpha value is -3.87. The lowest BCUT2D eigenvalue weighted by Crippen LogP contribution is -2.20. The molecule has 3 aromatic carbocycles. The first-order valence-electron chi connectivity index (χ1n) is 11.2. The quantitative estimate of drug-likeness (QED) is 0.376. The molecule has 0 saturated heterocycles. The van der Waals surface area contributed by atoms with Gasteiger partial charge in [-0.05, 0) is 79.4 Å². The Morgan fingerprint density at radius 1 is 0.909 bits per heavy atom. The SMILES string of the molecule is CCOc1ccc(-n2nc3ccc(NC(=O)COc4ccc([C@@H](C)CC)cc4)cc3n2)cc1. The summed E-state index contributed by atoms with van der Waals surface area (Å²) in [6.07, 6.45) is 1.08. The zero-order valence-electron chi connectivity index (χ0n) is 19.1. The van der Waals surface area contributed by atoms with Crippen LogP contribution in [0.4, 0.5) is 5.69 Å². The summed E-state index contributed by atoms with van der Waals surface area (Å²) >= 11 is 0. The third-order valence-corrected chi connectivity index (χ3v) is 5.47. The van der Waals surface area contributed by atoms with Crippen LogP contribution in [0.1, 0.15) is 38.7 Å². The number of aromatic nitrogens is 3. The maximum absolute atomic E-state index is 12.4. The lowest BCUT2D eigenvalue weighted by Gasteiger charge is -2.11. The molecule has 0 aliphatic rings. The van der Waals surface area contributed by atoms with Gasteiger partial charge >= 0.3 is 0 Å². The summed E-state index contributed by atoms with van der Waals surface area (Å²) in [5, 5.41) is 11.9. The van der Waals surface area contributed by atoms with Gasteiger partial charge in [-0.3, -0.25) is 4.79 Å². The summed E-state index contributed by atoms with van der Waals surface area (Å²) < 4.78 is 11.1. The van der Waals surface area contributed by atoms with Gasteiger partial charge in [-0.1, -0.05) is 26.0 Å². The molecule has 7 heteroatoms. The lowest BCUT2D eigenvalue weighted by molar-refractivity contribution is -0.118. The van der Waals surface area contributed by atoms with E-state index in [0.717, 1.165) is 23.4 Å². The van der Waals surface area contributed by atoms with Gasteiger partial charge in [-0.2, -0.15) is 4.80 Å². The summed E-state index contributed by atoms with van der Waals surface area (Å²) in [7, 11) is 0. The van der Waals surface area contributed by atoms with Gasteiger partial charge in [0.25, 0.3) is 5.91 Å². The van der Waals surface area contributed by atoms with Crippen LogP contribution in [0.15, 0.2) is 66.7 Å². The van der Waals surface area contributed by atoms with Gasteiger partial charge < -0.3 is 14.8 Å². The monoisotopic (exact) mass is 444 g/mol. The van der Waals surface area contributed by atoms with Crippen molar-refractivity contribution in [2.24, 2.45) is 0 Å². The maximum Gasteiger partial charge on any atom is 0.262 e. The number of amides is 1. The van der Waals surface area contributed by atoms with Gasteiger partial charge in [0.05, 0.1) is 12.3 Å². The van der Waals surface area contributed by atoms with E-state index in [4.69, 9.17) is 9.47 Å².